The van der Waals surface area contributed by atoms with Crippen molar-refractivity contribution < 1.29 is 35.5 Å². The number of amides is 1. The monoisotopic (exact) mass is 406 g/mol. The van der Waals surface area contributed by atoms with Gasteiger partial charge in [0.15, 0.2) is 6.61 Å². The Labute approximate surface area is 152 Å². The fraction of sp³-hybridized carbons (Fsp3) is 0.188. The Bertz CT molecular complexity index is 928. The highest BCUT2D eigenvalue weighted by Crippen LogP contribution is 2.29. The summed E-state index contributed by atoms with van der Waals surface area (Å²) in [6.45, 7) is -0.391. The molecule has 0 radical (unpaired) electrons. The van der Waals surface area contributed by atoms with E-state index in [1.54, 1.807) is 0 Å². The third-order valence-corrected chi connectivity index (χ3v) is 4.44. The SMILES string of the molecule is CC(=O)Nc1ccc(S(=O)(=O)Nc2cc(F)ccc2OCC(F)(F)F)cc1. The van der Waals surface area contributed by atoms with Gasteiger partial charge in [-0.25, -0.2) is 12.8 Å². The van der Waals surface area contributed by atoms with Crippen molar-refractivity contribution >= 4 is 27.3 Å². The van der Waals surface area contributed by atoms with Gasteiger partial charge in [-0.1, -0.05) is 0 Å². The summed E-state index contributed by atoms with van der Waals surface area (Å²) in [5, 5.41) is 2.45. The van der Waals surface area contributed by atoms with Crippen LogP contribution in [0.3, 0.4) is 0 Å². The van der Waals surface area contributed by atoms with Gasteiger partial charge in [0.05, 0.1) is 10.6 Å². The van der Waals surface area contributed by atoms with Gasteiger partial charge in [0.2, 0.25) is 5.91 Å². The number of anilines is 2. The van der Waals surface area contributed by atoms with Crippen LogP contribution < -0.4 is 14.8 Å². The Kier molecular flexibility index (Phi) is 5.94. The van der Waals surface area contributed by atoms with E-state index >= 15 is 0 Å². The molecule has 0 bridgehead atoms. The molecule has 2 rings (SSSR count). The van der Waals surface area contributed by atoms with Crippen LogP contribution in [0.15, 0.2) is 47.4 Å². The number of hydrogen-bond donors (Lipinski definition) is 2. The fourth-order valence-electron chi connectivity index (χ4n) is 1.99. The van der Waals surface area contributed by atoms with Crippen molar-refractivity contribution in [1.82, 2.24) is 0 Å². The number of carbonyl (C=O) groups excluding carboxylic acids is 1. The molecule has 0 aromatic heterocycles. The van der Waals surface area contributed by atoms with E-state index in [0.717, 1.165) is 12.1 Å². The Balaban J connectivity index is 2.26. The van der Waals surface area contributed by atoms with E-state index < -0.39 is 40.1 Å². The lowest BCUT2D eigenvalue weighted by Crippen LogP contribution is -2.20. The van der Waals surface area contributed by atoms with Crippen LogP contribution in [0.2, 0.25) is 0 Å². The summed E-state index contributed by atoms with van der Waals surface area (Å²) >= 11 is 0. The van der Waals surface area contributed by atoms with Crippen molar-refractivity contribution in [3.63, 3.8) is 0 Å². The third kappa shape index (κ3) is 6.13. The zero-order valence-corrected chi connectivity index (χ0v) is 14.6. The number of ether oxygens (including phenoxy) is 1. The first-order valence-electron chi connectivity index (χ1n) is 7.36. The molecular formula is C16H14F4N2O4S. The molecule has 2 aromatic carbocycles. The summed E-state index contributed by atoms with van der Waals surface area (Å²) in [5.74, 6) is -1.70. The molecule has 0 fully saturated rings. The predicted molar refractivity (Wildman–Crippen MR) is 89.5 cm³/mol. The van der Waals surface area contributed by atoms with Gasteiger partial charge in [-0.05, 0) is 36.4 Å². The van der Waals surface area contributed by atoms with Crippen molar-refractivity contribution in [2.45, 2.75) is 18.0 Å². The average Bonchev–Trinajstić information content (AvgIpc) is 2.53. The zero-order valence-electron chi connectivity index (χ0n) is 13.8. The van der Waals surface area contributed by atoms with E-state index in [1.807, 2.05) is 4.72 Å². The highest BCUT2D eigenvalue weighted by Gasteiger charge is 2.29. The van der Waals surface area contributed by atoms with E-state index in [4.69, 9.17) is 0 Å². The van der Waals surface area contributed by atoms with E-state index in [2.05, 4.69) is 10.1 Å². The average molecular weight is 406 g/mol. The molecule has 0 aliphatic heterocycles. The Morgan fingerprint density at radius 1 is 1.11 bits per heavy atom. The third-order valence-electron chi connectivity index (χ3n) is 3.06. The number of hydrogen-bond acceptors (Lipinski definition) is 4. The minimum absolute atomic E-state index is 0.248. The Morgan fingerprint density at radius 3 is 2.30 bits per heavy atom. The van der Waals surface area contributed by atoms with Gasteiger partial charge < -0.3 is 10.1 Å². The summed E-state index contributed by atoms with van der Waals surface area (Å²) in [6.07, 6.45) is -4.65. The topological polar surface area (TPSA) is 84.5 Å². The number of alkyl halides is 3. The van der Waals surface area contributed by atoms with E-state index in [1.165, 1.54) is 31.2 Å². The summed E-state index contributed by atoms with van der Waals surface area (Å²) in [4.78, 5) is 10.7. The lowest BCUT2D eigenvalue weighted by molar-refractivity contribution is -0.153. The van der Waals surface area contributed by atoms with Crippen LogP contribution in [0, 0.1) is 5.82 Å². The first kappa shape index (κ1) is 20.5. The number of nitrogens with one attached hydrogen (secondary N) is 2. The summed E-state index contributed by atoms with van der Waals surface area (Å²) < 4.78 is 81.7. The molecule has 0 heterocycles. The minimum atomic E-state index is -4.65. The molecule has 27 heavy (non-hydrogen) atoms. The van der Waals surface area contributed by atoms with Gasteiger partial charge >= 0.3 is 6.18 Å². The van der Waals surface area contributed by atoms with Crippen molar-refractivity contribution in [3.05, 3.63) is 48.3 Å². The first-order valence-corrected chi connectivity index (χ1v) is 8.84. The van der Waals surface area contributed by atoms with Crippen LogP contribution >= 0.6 is 0 Å². The first-order chi connectivity index (χ1) is 12.5. The second-order valence-corrected chi connectivity index (χ2v) is 7.04. The number of carbonyl (C=O) groups is 1. The molecule has 0 saturated carbocycles. The second kappa shape index (κ2) is 7.82. The maximum atomic E-state index is 13.4. The molecule has 0 unspecified atom stereocenters. The van der Waals surface area contributed by atoms with Crippen molar-refractivity contribution in [1.29, 1.82) is 0 Å². The maximum Gasteiger partial charge on any atom is 0.422 e. The molecule has 11 heteroatoms. The molecular weight excluding hydrogens is 392 g/mol. The van der Waals surface area contributed by atoms with Crippen LogP contribution in [0.4, 0.5) is 28.9 Å². The van der Waals surface area contributed by atoms with Crippen molar-refractivity contribution in [2.24, 2.45) is 0 Å². The van der Waals surface area contributed by atoms with Crippen LogP contribution in [-0.4, -0.2) is 27.1 Å². The second-order valence-electron chi connectivity index (χ2n) is 5.36. The van der Waals surface area contributed by atoms with Crippen molar-refractivity contribution in [2.75, 3.05) is 16.6 Å². The summed E-state index contributed by atoms with van der Waals surface area (Å²) in [5.41, 5.74) is -0.133. The largest absolute Gasteiger partial charge is 0.482 e. The summed E-state index contributed by atoms with van der Waals surface area (Å²) in [7, 11) is -4.24. The minimum Gasteiger partial charge on any atom is -0.482 e. The molecule has 0 spiro atoms. The standard InChI is InChI=1S/C16H14F4N2O4S/c1-10(23)21-12-3-5-13(6-4-12)27(24,25)22-14-8-11(17)2-7-15(14)26-9-16(18,19)20/h2-8,22H,9H2,1H3,(H,21,23). The van der Waals surface area contributed by atoms with Crippen LogP contribution in [0.5, 0.6) is 5.75 Å². The molecule has 0 aliphatic rings. The maximum absolute atomic E-state index is 13.4. The number of rotatable bonds is 6. The lowest BCUT2D eigenvalue weighted by Gasteiger charge is -2.15. The van der Waals surface area contributed by atoms with E-state index in [9.17, 15) is 30.8 Å². The van der Waals surface area contributed by atoms with Gasteiger partial charge in [-0.15, -0.1) is 0 Å². The summed E-state index contributed by atoms with van der Waals surface area (Å²) in [6, 6.07) is 7.41. The Morgan fingerprint density at radius 2 is 1.74 bits per heavy atom. The van der Waals surface area contributed by atoms with Crippen LogP contribution in [0.1, 0.15) is 6.92 Å². The molecule has 0 atom stereocenters. The van der Waals surface area contributed by atoms with Gasteiger partial charge in [0, 0.05) is 18.7 Å². The Hall–Kier alpha value is -2.82. The number of sulfonamides is 1. The van der Waals surface area contributed by atoms with Gasteiger partial charge in [0.1, 0.15) is 11.6 Å². The quantitative estimate of drug-likeness (QED) is 0.719. The zero-order chi connectivity index (χ0) is 20.2. The normalized spacial score (nSPS) is 11.7. The molecule has 1 amide bonds. The molecule has 6 nitrogen and oxygen atoms in total. The highest BCUT2D eigenvalue weighted by molar-refractivity contribution is 7.92. The van der Waals surface area contributed by atoms with Crippen molar-refractivity contribution in [3.8, 4) is 5.75 Å². The van der Waals surface area contributed by atoms with Gasteiger partial charge in [-0.2, -0.15) is 13.2 Å². The predicted octanol–water partition coefficient (Wildman–Crippen LogP) is 3.53. The van der Waals surface area contributed by atoms with Crippen LogP contribution in [-0.2, 0) is 14.8 Å². The number of benzene rings is 2. The van der Waals surface area contributed by atoms with E-state index in [0.29, 0.717) is 11.8 Å². The molecule has 0 saturated heterocycles. The van der Waals surface area contributed by atoms with E-state index in [-0.39, 0.29) is 10.8 Å². The lowest BCUT2D eigenvalue weighted by atomic mass is 10.3. The van der Waals surface area contributed by atoms with Gasteiger partial charge in [-0.3, -0.25) is 9.52 Å². The van der Waals surface area contributed by atoms with Crippen LogP contribution in [0.25, 0.3) is 0 Å². The molecule has 146 valence electrons. The molecule has 2 N–H and O–H groups in total. The highest BCUT2D eigenvalue weighted by atomic mass is 32.2. The number of halogens is 4. The van der Waals surface area contributed by atoms with Gasteiger partial charge in [0.25, 0.3) is 10.0 Å². The smallest absolute Gasteiger partial charge is 0.422 e. The molecule has 2 aromatic rings. The molecule has 0 aliphatic carbocycles. The fourth-order valence-corrected chi connectivity index (χ4v) is 3.05.